The first-order chi connectivity index (χ1) is 14.7. The number of nitrogens with one attached hydrogen (secondary N) is 2. The number of para-hydroxylation sites is 2. The number of H-pyrrole nitrogens is 1. The number of piperidine rings is 1. The quantitative estimate of drug-likeness (QED) is 0.397. The summed E-state index contributed by atoms with van der Waals surface area (Å²) in [5.74, 6) is 2.13. The molecule has 0 saturated carbocycles. The van der Waals surface area contributed by atoms with Gasteiger partial charge in [-0.15, -0.1) is 5.10 Å². The van der Waals surface area contributed by atoms with Gasteiger partial charge in [-0.1, -0.05) is 12.1 Å². The maximum Gasteiger partial charge on any atom is 0.246 e. The Morgan fingerprint density at radius 2 is 2.13 bits per heavy atom. The Morgan fingerprint density at radius 1 is 1.23 bits per heavy atom. The summed E-state index contributed by atoms with van der Waals surface area (Å²) in [5.41, 5.74) is 2.59. The summed E-state index contributed by atoms with van der Waals surface area (Å²) in [5, 5.41) is 17.6. The van der Waals surface area contributed by atoms with Crippen molar-refractivity contribution in [2.24, 2.45) is 0 Å². The molecule has 0 spiro atoms. The molecule has 3 N–H and O–H groups in total. The summed E-state index contributed by atoms with van der Waals surface area (Å²) in [6.45, 7) is 1.53. The summed E-state index contributed by atoms with van der Waals surface area (Å²) < 4.78 is 2.53. The van der Waals surface area contributed by atoms with Gasteiger partial charge >= 0.3 is 0 Å². The Bertz CT molecular complexity index is 1140. The van der Waals surface area contributed by atoms with Crippen LogP contribution in [0.2, 0.25) is 0 Å². The number of fused-ring (bicyclic) bond motifs is 2. The van der Waals surface area contributed by atoms with Gasteiger partial charge in [-0.25, -0.2) is 9.97 Å². The maximum atomic E-state index is 9.48. The van der Waals surface area contributed by atoms with Crippen molar-refractivity contribution >= 4 is 44.4 Å². The van der Waals surface area contributed by atoms with E-state index < -0.39 is 0 Å². The lowest BCUT2D eigenvalue weighted by molar-refractivity contribution is 0.261. The zero-order valence-electron chi connectivity index (χ0n) is 16.4. The second-order valence-corrected chi connectivity index (χ2v) is 8.30. The lowest BCUT2D eigenvalue weighted by Gasteiger charge is -2.35. The van der Waals surface area contributed by atoms with Crippen molar-refractivity contribution in [3.8, 4) is 0 Å². The minimum atomic E-state index is 0.162. The van der Waals surface area contributed by atoms with Crippen LogP contribution in [0.25, 0.3) is 16.7 Å². The van der Waals surface area contributed by atoms with Gasteiger partial charge in [0.25, 0.3) is 0 Å². The fourth-order valence-corrected chi connectivity index (χ4v) is 4.40. The van der Waals surface area contributed by atoms with E-state index >= 15 is 0 Å². The van der Waals surface area contributed by atoms with Crippen molar-refractivity contribution in [3.63, 3.8) is 0 Å². The molecule has 1 atom stereocenters. The minimum absolute atomic E-state index is 0.162. The average molecular weight is 471 g/mol. The fraction of sp³-hybridized carbons (Fsp3) is 0.400. The van der Waals surface area contributed by atoms with Crippen LogP contribution in [0.3, 0.4) is 0 Å². The second-order valence-electron chi connectivity index (χ2n) is 7.49. The molecular formula is C20H23BrN8O. The van der Waals surface area contributed by atoms with Crippen LogP contribution >= 0.6 is 15.9 Å². The van der Waals surface area contributed by atoms with E-state index in [1.165, 1.54) is 0 Å². The molecule has 1 fully saturated rings. The molecule has 0 aliphatic carbocycles. The lowest BCUT2D eigenvalue weighted by atomic mass is 10.0. The van der Waals surface area contributed by atoms with Crippen LogP contribution in [0, 0.1) is 0 Å². The molecule has 30 heavy (non-hydrogen) atoms. The highest BCUT2D eigenvalue weighted by Crippen LogP contribution is 2.27. The highest BCUT2D eigenvalue weighted by molar-refractivity contribution is 9.10. The number of nitrogens with zero attached hydrogens (tertiary/aromatic N) is 6. The summed E-state index contributed by atoms with van der Waals surface area (Å²) >= 11 is 3.53. The van der Waals surface area contributed by atoms with Crippen molar-refractivity contribution in [2.45, 2.75) is 38.3 Å². The van der Waals surface area contributed by atoms with Gasteiger partial charge < -0.3 is 20.3 Å². The number of hydrogen-bond acceptors (Lipinski definition) is 7. The minimum Gasteiger partial charge on any atom is -0.396 e. The molecule has 10 heteroatoms. The number of imidazole rings is 2. The predicted molar refractivity (Wildman–Crippen MR) is 119 cm³/mol. The van der Waals surface area contributed by atoms with E-state index in [1.807, 2.05) is 24.3 Å². The molecule has 1 aliphatic heterocycles. The van der Waals surface area contributed by atoms with Gasteiger partial charge in [0.2, 0.25) is 5.95 Å². The first-order valence-corrected chi connectivity index (χ1v) is 11.0. The number of hydrogen-bond donors (Lipinski definition) is 3. The van der Waals surface area contributed by atoms with E-state index in [0.29, 0.717) is 30.4 Å². The molecule has 156 valence electrons. The molecule has 1 aromatic carbocycles. The van der Waals surface area contributed by atoms with Gasteiger partial charge in [0, 0.05) is 19.2 Å². The van der Waals surface area contributed by atoms with E-state index in [4.69, 9.17) is 10.1 Å². The van der Waals surface area contributed by atoms with Gasteiger partial charge in [0.05, 0.1) is 23.8 Å². The molecular weight excluding hydrogens is 448 g/mol. The summed E-state index contributed by atoms with van der Waals surface area (Å²) in [6.07, 6.45) is 5.73. The average Bonchev–Trinajstić information content (AvgIpc) is 3.36. The standard InChI is InChI=1S/C20H23BrN8O/c21-16-11-23-19-18(22-12-17-24-14-6-1-2-7-15(14)25-17)26-20(27-29(16)19)28-9-4-3-5-13(28)8-10-30/h1-2,6-7,11,13,30H,3-5,8-10,12H2,(H,24,25)(H,22,26,27)/t13-/m0/s1. The Morgan fingerprint density at radius 3 is 3.00 bits per heavy atom. The molecule has 0 radical (unpaired) electrons. The number of rotatable bonds is 6. The van der Waals surface area contributed by atoms with Crippen LogP contribution in [0.4, 0.5) is 11.8 Å². The molecule has 5 rings (SSSR count). The number of aromatic amines is 1. The Kier molecular flexibility index (Phi) is 5.26. The molecule has 0 unspecified atom stereocenters. The molecule has 9 nitrogen and oxygen atoms in total. The first-order valence-electron chi connectivity index (χ1n) is 10.2. The van der Waals surface area contributed by atoms with Crippen LogP contribution < -0.4 is 10.2 Å². The number of benzene rings is 1. The lowest BCUT2D eigenvalue weighted by Crippen LogP contribution is -2.41. The topological polar surface area (TPSA) is 107 Å². The second kappa shape index (κ2) is 8.19. The molecule has 3 aromatic heterocycles. The number of aliphatic hydroxyl groups excluding tert-OH is 1. The van der Waals surface area contributed by atoms with Crippen LogP contribution in [0.15, 0.2) is 35.1 Å². The van der Waals surface area contributed by atoms with Crippen LogP contribution in [0.5, 0.6) is 0 Å². The number of halogens is 1. The smallest absolute Gasteiger partial charge is 0.246 e. The van der Waals surface area contributed by atoms with E-state index in [2.05, 4.69) is 41.1 Å². The third kappa shape index (κ3) is 3.61. The van der Waals surface area contributed by atoms with Crippen molar-refractivity contribution in [1.29, 1.82) is 0 Å². The molecule has 4 heterocycles. The van der Waals surface area contributed by atoms with Crippen LogP contribution in [0.1, 0.15) is 31.5 Å². The van der Waals surface area contributed by atoms with E-state index in [9.17, 15) is 5.11 Å². The summed E-state index contributed by atoms with van der Waals surface area (Å²) in [7, 11) is 0. The number of aliphatic hydroxyl groups is 1. The number of aromatic nitrogens is 6. The van der Waals surface area contributed by atoms with Crippen molar-refractivity contribution in [3.05, 3.63) is 40.9 Å². The SMILES string of the molecule is OCC[C@@H]1CCCCN1c1nc(NCc2nc3ccccc3[nH]2)c2ncc(Br)n2n1. The summed E-state index contributed by atoms with van der Waals surface area (Å²) in [6, 6.07) is 8.20. The molecule has 1 saturated heterocycles. The first kappa shape index (κ1) is 19.3. The Hall–Kier alpha value is -2.72. The van der Waals surface area contributed by atoms with Gasteiger partial charge in [-0.2, -0.15) is 9.50 Å². The number of anilines is 2. The zero-order valence-corrected chi connectivity index (χ0v) is 18.0. The van der Waals surface area contributed by atoms with Crippen LogP contribution in [-0.4, -0.2) is 53.9 Å². The monoisotopic (exact) mass is 470 g/mol. The van der Waals surface area contributed by atoms with Crippen molar-refractivity contribution < 1.29 is 5.11 Å². The van der Waals surface area contributed by atoms with Crippen molar-refractivity contribution in [2.75, 3.05) is 23.4 Å². The van der Waals surface area contributed by atoms with Gasteiger partial charge in [-0.05, 0) is 53.7 Å². The Balaban J connectivity index is 1.47. The van der Waals surface area contributed by atoms with Gasteiger partial charge in [-0.3, -0.25) is 0 Å². The molecule has 0 bridgehead atoms. The van der Waals surface area contributed by atoms with Gasteiger partial charge in [0.1, 0.15) is 10.4 Å². The highest BCUT2D eigenvalue weighted by Gasteiger charge is 2.26. The largest absolute Gasteiger partial charge is 0.396 e. The van der Waals surface area contributed by atoms with E-state index in [1.54, 1.807) is 10.7 Å². The fourth-order valence-electron chi connectivity index (χ4n) is 4.05. The third-order valence-electron chi connectivity index (χ3n) is 5.52. The Labute approximate surface area is 181 Å². The zero-order chi connectivity index (χ0) is 20.5. The predicted octanol–water partition coefficient (Wildman–Crippen LogP) is 3.12. The van der Waals surface area contributed by atoms with Crippen LogP contribution in [-0.2, 0) is 6.54 Å². The van der Waals surface area contributed by atoms with Gasteiger partial charge in [0.15, 0.2) is 11.5 Å². The van der Waals surface area contributed by atoms with Crippen molar-refractivity contribution in [1.82, 2.24) is 29.5 Å². The molecule has 1 aliphatic rings. The maximum absolute atomic E-state index is 9.48. The van der Waals surface area contributed by atoms with E-state index in [-0.39, 0.29) is 12.6 Å². The summed E-state index contributed by atoms with van der Waals surface area (Å²) in [4.78, 5) is 19.4. The third-order valence-corrected chi connectivity index (χ3v) is 6.06. The molecule has 4 aromatic rings. The molecule has 0 amide bonds. The normalized spacial score (nSPS) is 17.1. The van der Waals surface area contributed by atoms with E-state index in [0.717, 1.165) is 47.3 Å². The highest BCUT2D eigenvalue weighted by atomic mass is 79.9.